The monoisotopic (exact) mass is 513 g/mol. The maximum absolute atomic E-state index is 12.2. The quantitative estimate of drug-likeness (QED) is 0.245. The van der Waals surface area contributed by atoms with Gasteiger partial charge in [0.05, 0.1) is 12.3 Å². The van der Waals surface area contributed by atoms with E-state index in [2.05, 4.69) is 25.8 Å². The average Bonchev–Trinajstić information content (AvgIpc) is 3.25. The Bertz CT molecular complexity index is 1370. The Morgan fingerprint density at radius 3 is 2.29 bits per heavy atom. The fraction of sp³-hybridized carbons (Fsp3) is 0.312. The van der Waals surface area contributed by atoms with Gasteiger partial charge in [-0.2, -0.15) is 0 Å². The lowest BCUT2D eigenvalue weighted by molar-refractivity contribution is -0.153. The first kappa shape index (κ1) is 27.0. The Hall–Kier alpha value is -4.06. The van der Waals surface area contributed by atoms with Crippen LogP contribution < -0.4 is 9.47 Å². The molecule has 0 fully saturated rings. The molecule has 0 radical (unpaired) electrons. The number of nitrogens with zero attached hydrogens (tertiary/aromatic N) is 1. The number of benzene rings is 3. The summed E-state index contributed by atoms with van der Waals surface area (Å²) < 4.78 is 17.8. The maximum atomic E-state index is 12.2. The standard InChI is InChI=1S/C32H35NO5/c1-22-28(33-29(37-22)24-10-7-6-8-11-24)18-19-36-26-16-14-23(15-17-26)21-32(5,30(34)35)38-27-13-9-12-25(20-27)31(2,3)4/h6-17,20H,18-19,21H2,1-5H3,(H,34,35). The van der Waals surface area contributed by atoms with Crippen LogP contribution >= 0.6 is 0 Å². The van der Waals surface area contributed by atoms with Crippen LogP contribution in [0.4, 0.5) is 0 Å². The van der Waals surface area contributed by atoms with Gasteiger partial charge in [0.1, 0.15) is 17.3 Å². The molecule has 1 N–H and O–H groups in total. The Morgan fingerprint density at radius 2 is 1.63 bits per heavy atom. The minimum Gasteiger partial charge on any atom is -0.493 e. The Morgan fingerprint density at radius 1 is 0.921 bits per heavy atom. The summed E-state index contributed by atoms with van der Waals surface area (Å²) in [5.41, 5.74) is 2.25. The van der Waals surface area contributed by atoms with Gasteiger partial charge in [0.2, 0.25) is 11.5 Å². The second-order valence-electron chi connectivity index (χ2n) is 10.7. The van der Waals surface area contributed by atoms with Gasteiger partial charge in [0, 0.05) is 18.4 Å². The van der Waals surface area contributed by atoms with Crippen LogP contribution in [0.25, 0.3) is 11.5 Å². The zero-order valence-electron chi connectivity index (χ0n) is 22.7. The van der Waals surface area contributed by atoms with Crippen LogP contribution in [0.5, 0.6) is 11.5 Å². The second-order valence-corrected chi connectivity index (χ2v) is 10.7. The predicted molar refractivity (Wildman–Crippen MR) is 148 cm³/mol. The number of carbonyl (C=O) groups is 1. The molecule has 1 aromatic heterocycles. The van der Waals surface area contributed by atoms with E-state index in [4.69, 9.17) is 13.9 Å². The molecule has 1 heterocycles. The van der Waals surface area contributed by atoms with Gasteiger partial charge in [-0.3, -0.25) is 0 Å². The summed E-state index contributed by atoms with van der Waals surface area (Å²) in [6.45, 7) is 10.3. The van der Waals surface area contributed by atoms with Crippen molar-refractivity contribution in [2.45, 2.75) is 58.5 Å². The van der Waals surface area contributed by atoms with E-state index in [1.807, 2.05) is 79.7 Å². The zero-order chi connectivity index (χ0) is 27.3. The smallest absolute Gasteiger partial charge is 0.348 e. The van der Waals surface area contributed by atoms with E-state index in [0.717, 1.165) is 28.1 Å². The first-order chi connectivity index (χ1) is 18.0. The number of carboxylic acid groups (broad SMARTS) is 1. The number of ether oxygens (including phenoxy) is 2. The fourth-order valence-corrected chi connectivity index (χ4v) is 4.16. The third-order valence-electron chi connectivity index (χ3n) is 6.48. The van der Waals surface area contributed by atoms with Crippen molar-refractivity contribution in [3.63, 3.8) is 0 Å². The van der Waals surface area contributed by atoms with Crippen LogP contribution in [-0.4, -0.2) is 28.3 Å². The summed E-state index contributed by atoms with van der Waals surface area (Å²) in [6, 6.07) is 24.9. The van der Waals surface area contributed by atoms with Crippen LogP contribution in [0.1, 0.15) is 50.3 Å². The van der Waals surface area contributed by atoms with Crippen molar-refractivity contribution >= 4 is 5.97 Å². The predicted octanol–water partition coefficient (Wildman–Crippen LogP) is 7.03. The highest BCUT2D eigenvalue weighted by Gasteiger charge is 2.36. The van der Waals surface area contributed by atoms with E-state index >= 15 is 0 Å². The number of rotatable bonds is 10. The van der Waals surface area contributed by atoms with Crippen molar-refractivity contribution < 1.29 is 23.8 Å². The number of hydrogen-bond acceptors (Lipinski definition) is 5. The lowest BCUT2D eigenvalue weighted by Crippen LogP contribution is -2.43. The molecule has 0 saturated heterocycles. The van der Waals surface area contributed by atoms with Gasteiger partial charge in [-0.25, -0.2) is 9.78 Å². The minimum atomic E-state index is -1.42. The summed E-state index contributed by atoms with van der Waals surface area (Å²) in [4.78, 5) is 16.8. The van der Waals surface area contributed by atoms with Crippen molar-refractivity contribution in [1.82, 2.24) is 4.98 Å². The van der Waals surface area contributed by atoms with E-state index < -0.39 is 11.6 Å². The molecule has 4 rings (SSSR count). The van der Waals surface area contributed by atoms with Crippen LogP contribution in [0.3, 0.4) is 0 Å². The Kier molecular flexibility index (Phi) is 7.91. The van der Waals surface area contributed by atoms with Gasteiger partial charge in [-0.05, 0) is 66.8 Å². The number of hydrogen-bond donors (Lipinski definition) is 1. The van der Waals surface area contributed by atoms with E-state index in [1.54, 1.807) is 13.0 Å². The average molecular weight is 514 g/mol. The van der Waals surface area contributed by atoms with Gasteiger partial charge < -0.3 is 19.0 Å². The van der Waals surface area contributed by atoms with Crippen molar-refractivity contribution in [2.24, 2.45) is 0 Å². The molecule has 0 aliphatic heterocycles. The first-order valence-corrected chi connectivity index (χ1v) is 12.8. The van der Waals surface area contributed by atoms with Crippen molar-refractivity contribution in [3.05, 3.63) is 101 Å². The van der Waals surface area contributed by atoms with Crippen molar-refractivity contribution in [1.29, 1.82) is 0 Å². The van der Waals surface area contributed by atoms with Crippen molar-refractivity contribution in [3.8, 4) is 23.0 Å². The highest BCUT2D eigenvalue weighted by atomic mass is 16.5. The molecule has 1 atom stereocenters. The molecule has 0 bridgehead atoms. The number of carboxylic acids is 1. The van der Waals surface area contributed by atoms with E-state index in [-0.39, 0.29) is 11.8 Å². The molecule has 6 nitrogen and oxygen atoms in total. The van der Waals surface area contributed by atoms with E-state index in [1.165, 1.54) is 0 Å². The summed E-state index contributed by atoms with van der Waals surface area (Å²) in [5, 5.41) is 10.00. The summed E-state index contributed by atoms with van der Waals surface area (Å²) in [5.74, 6) is 1.62. The second kappa shape index (κ2) is 11.1. The molecule has 0 aliphatic rings. The normalized spacial score (nSPS) is 13.1. The lowest BCUT2D eigenvalue weighted by atomic mass is 9.87. The van der Waals surface area contributed by atoms with Gasteiger partial charge in [-0.15, -0.1) is 0 Å². The molecule has 0 spiro atoms. The SMILES string of the molecule is Cc1oc(-c2ccccc2)nc1CCOc1ccc(CC(C)(Oc2cccc(C(C)(C)C)c2)C(=O)O)cc1. The molecule has 0 amide bonds. The largest absolute Gasteiger partial charge is 0.493 e. The molecular weight excluding hydrogens is 478 g/mol. The Balaban J connectivity index is 1.36. The number of aliphatic carboxylic acids is 1. The minimum absolute atomic E-state index is 0.0641. The molecule has 4 aromatic rings. The van der Waals surface area contributed by atoms with Gasteiger partial charge in [0.25, 0.3) is 0 Å². The van der Waals surface area contributed by atoms with Crippen molar-refractivity contribution in [2.75, 3.05) is 6.61 Å². The lowest BCUT2D eigenvalue weighted by Gasteiger charge is -2.28. The molecule has 6 heteroatoms. The number of oxazole rings is 1. The number of aromatic nitrogens is 1. The molecule has 0 saturated carbocycles. The van der Waals surface area contributed by atoms with E-state index in [0.29, 0.717) is 30.4 Å². The molecule has 38 heavy (non-hydrogen) atoms. The molecule has 0 aliphatic carbocycles. The molecule has 1 unspecified atom stereocenters. The highest BCUT2D eigenvalue weighted by molar-refractivity contribution is 5.78. The highest BCUT2D eigenvalue weighted by Crippen LogP contribution is 2.29. The maximum Gasteiger partial charge on any atom is 0.348 e. The number of aryl methyl sites for hydroxylation is 1. The van der Waals surface area contributed by atoms with Gasteiger partial charge in [0.15, 0.2) is 0 Å². The molecule has 3 aromatic carbocycles. The summed E-state index contributed by atoms with van der Waals surface area (Å²) >= 11 is 0. The molecular formula is C32H35NO5. The fourth-order valence-electron chi connectivity index (χ4n) is 4.16. The van der Waals surface area contributed by atoms with Crippen LogP contribution in [-0.2, 0) is 23.1 Å². The Labute approximate surface area is 224 Å². The summed E-state index contributed by atoms with van der Waals surface area (Å²) in [7, 11) is 0. The first-order valence-electron chi connectivity index (χ1n) is 12.8. The third kappa shape index (κ3) is 6.62. The van der Waals surface area contributed by atoms with Gasteiger partial charge >= 0.3 is 5.97 Å². The third-order valence-corrected chi connectivity index (χ3v) is 6.48. The van der Waals surface area contributed by atoms with E-state index in [9.17, 15) is 9.90 Å². The molecule has 198 valence electrons. The van der Waals surface area contributed by atoms with Crippen LogP contribution in [0.2, 0.25) is 0 Å². The van der Waals surface area contributed by atoms with Gasteiger partial charge in [-0.1, -0.05) is 63.2 Å². The summed E-state index contributed by atoms with van der Waals surface area (Å²) in [6.07, 6.45) is 0.825. The zero-order valence-corrected chi connectivity index (χ0v) is 22.7. The van der Waals surface area contributed by atoms with Crippen LogP contribution in [0, 0.1) is 6.92 Å². The topological polar surface area (TPSA) is 81.8 Å². The van der Waals surface area contributed by atoms with Crippen LogP contribution in [0.15, 0.2) is 83.3 Å².